The van der Waals surface area contributed by atoms with Crippen LogP contribution >= 0.6 is 22.9 Å². The van der Waals surface area contributed by atoms with Crippen molar-refractivity contribution in [1.82, 2.24) is 4.90 Å². The molecule has 0 saturated heterocycles. The molecule has 16 heavy (non-hydrogen) atoms. The summed E-state index contributed by atoms with van der Waals surface area (Å²) in [4.78, 5) is 14.5. The third-order valence-electron chi connectivity index (χ3n) is 2.68. The van der Waals surface area contributed by atoms with Crippen LogP contribution in [-0.2, 0) is 0 Å². The van der Waals surface area contributed by atoms with E-state index in [0.717, 1.165) is 18.4 Å². The Morgan fingerprint density at radius 1 is 1.69 bits per heavy atom. The highest BCUT2D eigenvalue weighted by Crippen LogP contribution is 2.33. The highest BCUT2D eigenvalue weighted by atomic mass is 35.5. The predicted octanol–water partition coefficient (Wildman–Crippen LogP) is 2.31. The molecule has 1 aromatic rings. The van der Waals surface area contributed by atoms with Gasteiger partial charge in [-0.25, -0.2) is 0 Å². The summed E-state index contributed by atoms with van der Waals surface area (Å²) in [5.74, 6) is -0.0420. The molecule has 1 heterocycles. The number of hydrogen-bond acceptors (Lipinski definition) is 3. The molecule has 0 bridgehead atoms. The molecule has 2 rings (SSSR count). The lowest BCUT2D eigenvalue weighted by Gasteiger charge is -2.20. The first-order valence-corrected chi connectivity index (χ1v) is 6.56. The molecule has 1 N–H and O–H groups in total. The van der Waals surface area contributed by atoms with Crippen molar-refractivity contribution in [3.63, 3.8) is 0 Å². The van der Waals surface area contributed by atoms with Crippen LogP contribution in [0.2, 0.25) is 5.02 Å². The molecule has 0 unspecified atom stereocenters. The lowest BCUT2D eigenvalue weighted by atomic mass is 10.3. The number of thiophene rings is 1. The number of aliphatic hydroxyl groups excluding tert-OH is 1. The maximum absolute atomic E-state index is 12.2. The zero-order valence-electron chi connectivity index (χ0n) is 9.07. The monoisotopic (exact) mass is 259 g/mol. The zero-order valence-corrected chi connectivity index (χ0v) is 10.6. The van der Waals surface area contributed by atoms with Crippen molar-refractivity contribution < 1.29 is 9.90 Å². The van der Waals surface area contributed by atoms with Gasteiger partial charge in [0.15, 0.2) is 0 Å². The number of carbonyl (C=O) groups excluding carboxylic acids is 1. The number of aryl methyl sites for hydroxylation is 1. The number of amides is 1. The average molecular weight is 260 g/mol. The smallest absolute Gasteiger partial charge is 0.265 e. The quantitative estimate of drug-likeness (QED) is 0.902. The Hall–Kier alpha value is -0.580. The Balaban J connectivity index is 2.18. The molecule has 1 aromatic heterocycles. The van der Waals surface area contributed by atoms with E-state index in [-0.39, 0.29) is 12.5 Å². The van der Waals surface area contributed by atoms with E-state index in [1.807, 2.05) is 12.3 Å². The van der Waals surface area contributed by atoms with E-state index in [0.29, 0.717) is 22.5 Å². The van der Waals surface area contributed by atoms with Crippen LogP contribution < -0.4 is 0 Å². The summed E-state index contributed by atoms with van der Waals surface area (Å²) in [6, 6.07) is 0.304. The van der Waals surface area contributed by atoms with E-state index in [4.69, 9.17) is 16.7 Å². The summed E-state index contributed by atoms with van der Waals surface area (Å²) in [5, 5.41) is 11.4. The molecule has 0 atom stereocenters. The summed E-state index contributed by atoms with van der Waals surface area (Å²) in [6.07, 6.45) is 2.07. The Morgan fingerprint density at radius 3 is 2.81 bits per heavy atom. The van der Waals surface area contributed by atoms with Gasteiger partial charge in [-0.1, -0.05) is 11.6 Å². The summed E-state index contributed by atoms with van der Waals surface area (Å²) in [7, 11) is 0. The molecule has 0 aromatic carbocycles. The molecular weight excluding hydrogens is 246 g/mol. The van der Waals surface area contributed by atoms with E-state index in [9.17, 15) is 4.79 Å². The van der Waals surface area contributed by atoms with E-state index < -0.39 is 0 Å². The van der Waals surface area contributed by atoms with Crippen molar-refractivity contribution in [3.05, 3.63) is 20.8 Å². The van der Waals surface area contributed by atoms with Crippen LogP contribution in [-0.4, -0.2) is 35.1 Å². The van der Waals surface area contributed by atoms with Crippen LogP contribution in [0.4, 0.5) is 0 Å². The highest BCUT2D eigenvalue weighted by molar-refractivity contribution is 7.13. The standard InChI is InChI=1S/C11H14ClNO2S/c1-7-6-16-10(9(7)12)11(15)13(4-5-14)8-2-3-8/h6,8,14H,2-5H2,1H3. The van der Waals surface area contributed by atoms with Crippen molar-refractivity contribution in [2.45, 2.75) is 25.8 Å². The largest absolute Gasteiger partial charge is 0.395 e. The summed E-state index contributed by atoms with van der Waals surface area (Å²) >= 11 is 7.45. The van der Waals surface area contributed by atoms with E-state index in [2.05, 4.69) is 0 Å². The molecule has 5 heteroatoms. The number of aliphatic hydroxyl groups is 1. The van der Waals surface area contributed by atoms with Gasteiger partial charge in [-0.3, -0.25) is 4.79 Å². The van der Waals surface area contributed by atoms with Crippen LogP contribution in [0.3, 0.4) is 0 Å². The van der Waals surface area contributed by atoms with Gasteiger partial charge in [-0.15, -0.1) is 11.3 Å². The first-order valence-electron chi connectivity index (χ1n) is 5.30. The first-order chi connectivity index (χ1) is 7.65. The third kappa shape index (κ3) is 2.24. The Morgan fingerprint density at radius 2 is 2.38 bits per heavy atom. The topological polar surface area (TPSA) is 40.5 Å². The van der Waals surface area contributed by atoms with Gasteiger partial charge >= 0.3 is 0 Å². The third-order valence-corrected chi connectivity index (χ3v) is 4.37. The summed E-state index contributed by atoms with van der Waals surface area (Å²) in [6.45, 7) is 2.30. The Kier molecular flexibility index (Phi) is 3.52. The van der Waals surface area contributed by atoms with Crippen molar-refractivity contribution in [3.8, 4) is 0 Å². The van der Waals surface area contributed by atoms with Crippen molar-refractivity contribution in [2.24, 2.45) is 0 Å². The van der Waals surface area contributed by atoms with Crippen LogP contribution in [0.1, 0.15) is 28.1 Å². The van der Waals surface area contributed by atoms with Gasteiger partial charge in [0.05, 0.1) is 11.6 Å². The van der Waals surface area contributed by atoms with Gasteiger partial charge in [-0.2, -0.15) is 0 Å². The van der Waals surface area contributed by atoms with Gasteiger partial charge in [0, 0.05) is 12.6 Å². The van der Waals surface area contributed by atoms with Crippen LogP contribution in [0.25, 0.3) is 0 Å². The maximum atomic E-state index is 12.2. The van der Waals surface area contributed by atoms with Gasteiger partial charge in [0.25, 0.3) is 5.91 Å². The zero-order chi connectivity index (χ0) is 11.7. The van der Waals surface area contributed by atoms with Gasteiger partial charge < -0.3 is 10.0 Å². The number of halogens is 1. The molecule has 1 saturated carbocycles. The van der Waals surface area contributed by atoms with Crippen LogP contribution in [0, 0.1) is 6.92 Å². The molecule has 0 spiro atoms. The highest BCUT2D eigenvalue weighted by Gasteiger charge is 2.34. The fourth-order valence-corrected chi connectivity index (χ4v) is 2.88. The van der Waals surface area contributed by atoms with Crippen LogP contribution in [0.5, 0.6) is 0 Å². The molecular formula is C11H14ClNO2S. The number of hydrogen-bond donors (Lipinski definition) is 1. The second kappa shape index (κ2) is 4.73. The lowest BCUT2D eigenvalue weighted by molar-refractivity contribution is 0.0712. The lowest BCUT2D eigenvalue weighted by Crippen LogP contribution is -2.35. The predicted molar refractivity (Wildman–Crippen MR) is 65.2 cm³/mol. The number of nitrogens with zero attached hydrogens (tertiary/aromatic N) is 1. The Labute approximate surface area is 104 Å². The van der Waals surface area contributed by atoms with Gasteiger partial charge in [0.1, 0.15) is 4.88 Å². The fourth-order valence-electron chi connectivity index (χ4n) is 1.65. The van der Waals surface area contributed by atoms with Crippen molar-refractivity contribution >= 4 is 28.8 Å². The molecule has 88 valence electrons. The SMILES string of the molecule is Cc1csc(C(=O)N(CCO)C2CC2)c1Cl. The van der Waals surface area contributed by atoms with E-state index >= 15 is 0 Å². The first kappa shape index (κ1) is 11.9. The normalized spacial score (nSPS) is 15.2. The molecule has 3 nitrogen and oxygen atoms in total. The molecule has 0 radical (unpaired) electrons. The average Bonchev–Trinajstić information content (AvgIpc) is 3.04. The molecule has 1 aliphatic carbocycles. The molecule has 1 amide bonds. The molecule has 0 aliphatic heterocycles. The summed E-state index contributed by atoms with van der Waals surface area (Å²) in [5.41, 5.74) is 0.940. The van der Waals surface area contributed by atoms with E-state index in [1.54, 1.807) is 4.90 Å². The fraction of sp³-hybridized carbons (Fsp3) is 0.545. The molecule has 1 fully saturated rings. The number of carbonyl (C=O) groups is 1. The minimum atomic E-state index is -0.0420. The van der Waals surface area contributed by atoms with Crippen LogP contribution in [0.15, 0.2) is 5.38 Å². The van der Waals surface area contributed by atoms with Crippen molar-refractivity contribution in [2.75, 3.05) is 13.2 Å². The minimum Gasteiger partial charge on any atom is -0.395 e. The second-order valence-electron chi connectivity index (χ2n) is 4.02. The van der Waals surface area contributed by atoms with E-state index in [1.165, 1.54) is 11.3 Å². The molecule has 1 aliphatic rings. The second-order valence-corrected chi connectivity index (χ2v) is 5.27. The Bertz CT molecular complexity index is 401. The van der Waals surface area contributed by atoms with Gasteiger partial charge in [-0.05, 0) is 30.7 Å². The minimum absolute atomic E-state index is 0.00418. The van der Waals surface area contributed by atoms with Gasteiger partial charge in [0.2, 0.25) is 0 Å². The van der Waals surface area contributed by atoms with Crippen molar-refractivity contribution in [1.29, 1.82) is 0 Å². The summed E-state index contributed by atoms with van der Waals surface area (Å²) < 4.78 is 0. The maximum Gasteiger partial charge on any atom is 0.265 e. The number of rotatable bonds is 4.